The average molecular weight is 283 g/mol. The zero-order valence-corrected chi connectivity index (χ0v) is 11.8. The number of hydrogen-bond donors (Lipinski definition) is 1. The summed E-state index contributed by atoms with van der Waals surface area (Å²) < 4.78 is 5.12. The Bertz CT molecular complexity index is 497. The van der Waals surface area contributed by atoms with Gasteiger partial charge in [0.2, 0.25) is 0 Å². The van der Waals surface area contributed by atoms with Crippen molar-refractivity contribution in [1.82, 2.24) is 4.90 Å². The third-order valence-corrected chi connectivity index (χ3v) is 4.32. The summed E-state index contributed by atoms with van der Waals surface area (Å²) >= 11 is 1.47. The molecule has 1 atom stereocenters. The number of thiophene rings is 1. The van der Waals surface area contributed by atoms with Crippen LogP contribution in [0, 0.1) is 6.92 Å². The molecule has 1 amide bonds. The molecule has 19 heavy (non-hydrogen) atoms. The lowest BCUT2D eigenvalue weighted by Gasteiger charge is -2.30. The van der Waals surface area contributed by atoms with E-state index < -0.39 is 12.1 Å². The second-order valence-electron chi connectivity index (χ2n) is 4.49. The number of aliphatic carboxylic acids is 1. The number of rotatable bonds is 3. The molecular formula is C13H17NO4S. The van der Waals surface area contributed by atoms with E-state index in [1.807, 2.05) is 13.0 Å². The first-order valence-corrected chi connectivity index (χ1v) is 7.07. The summed E-state index contributed by atoms with van der Waals surface area (Å²) in [7, 11) is 0. The van der Waals surface area contributed by atoms with Crippen LogP contribution in [0.5, 0.6) is 0 Å². The fourth-order valence-corrected chi connectivity index (χ4v) is 3.20. The van der Waals surface area contributed by atoms with Gasteiger partial charge in [0.25, 0.3) is 5.91 Å². The molecule has 0 unspecified atom stereocenters. The molecule has 6 heteroatoms. The first kappa shape index (κ1) is 14.0. The molecule has 0 saturated carbocycles. The van der Waals surface area contributed by atoms with Crippen molar-refractivity contribution in [3.8, 4) is 0 Å². The highest BCUT2D eigenvalue weighted by molar-refractivity contribution is 7.14. The van der Waals surface area contributed by atoms with E-state index in [-0.39, 0.29) is 19.1 Å². The smallest absolute Gasteiger partial charge is 0.334 e. The van der Waals surface area contributed by atoms with Gasteiger partial charge >= 0.3 is 5.97 Å². The number of ether oxygens (including phenoxy) is 1. The SMILES string of the molecule is CCc1cc(C(=O)N2CCO[C@H](C(=O)O)C2)sc1C. The summed E-state index contributed by atoms with van der Waals surface area (Å²) in [5.74, 6) is -1.11. The zero-order valence-electron chi connectivity index (χ0n) is 11.0. The van der Waals surface area contributed by atoms with Gasteiger partial charge in [-0.3, -0.25) is 4.79 Å². The fraction of sp³-hybridized carbons (Fsp3) is 0.538. The highest BCUT2D eigenvalue weighted by Crippen LogP contribution is 2.24. The van der Waals surface area contributed by atoms with Crippen molar-refractivity contribution in [2.45, 2.75) is 26.4 Å². The van der Waals surface area contributed by atoms with Crippen LogP contribution >= 0.6 is 11.3 Å². The van der Waals surface area contributed by atoms with E-state index in [4.69, 9.17) is 9.84 Å². The topological polar surface area (TPSA) is 66.8 Å². The fourth-order valence-electron chi connectivity index (χ4n) is 2.12. The predicted octanol–water partition coefficient (Wildman–Crippen LogP) is 1.54. The van der Waals surface area contributed by atoms with Gasteiger partial charge in [-0.2, -0.15) is 0 Å². The van der Waals surface area contributed by atoms with Gasteiger partial charge < -0.3 is 14.7 Å². The number of hydrogen-bond acceptors (Lipinski definition) is 4. The van der Waals surface area contributed by atoms with Gasteiger partial charge in [0, 0.05) is 11.4 Å². The number of carboxylic acids is 1. The van der Waals surface area contributed by atoms with Crippen LogP contribution in [0.15, 0.2) is 6.07 Å². The summed E-state index contributed by atoms with van der Waals surface area (Å²) in [6.07, 6.45) is -0.0133. The zero-order chi connectivity index (χ0) is 14.0. The molecule has 1 aromatic heterocycles. The third-order valence-electron chi connectivity index (χ3n) is 3.24. The van der Waals surface area contributed by atoms with E-state index in [2.05, 4.69) is 6.92 Å². The molecule has 5 nitrogen and oxygen atoms in total. The highest BCUT2D eigenvalue weighted by Gasteiger charge is 2.30. The maximum atomic E-state index is 12.3. The van der Waals surface area contributed by atoms with Crippen LogP contribution in [0.4, 0.5) is 0 Å². The van der Waals surface area contributed by atoms with E-state index >= 15 is 0 Å². The lowest BCUT2D eigenvalue weighted by molar-refractivity contribution is -0.154. The molecule has 2 heterocycles. The molecule has 1 aliphatic rings. The van der Waals surface area contributed by atoms with Gasteiger partial charge in [-0.1, -0.05) is 6.92 Å². The second kappa shape index (κ2) is 5.71. The normalized spacial score (nSPS) is 19.5. The van der Waals surface area contributed by atoms with Crippen LogP contribution in [-0.2, 0) is 16.0 Å². The van der Waals surface area contributed by atoms with Crippen molar-refractivity contribution in [3.05, 3.63) is 21.4 Å². The van der Waals surface area contributed by atoms with Crippen LogP contribution in [-0.4, -0.2) is 47.7 Å². The standard InChI is InChI=1S/C13H17NO4S/c1-3-9-6-11(19-8(9)2)12(15)14-4-5-18-10(7-14)13(16)17/h6,10H,3-5,7H2,1-2H3,(H,16,17)/t10-/m0/s1. The van der Waals surface area contributed by atoms with Crippen LogP contribution < -0.4 is 0 Å². The number of amides is 1. The average Bonchev–Trinajstić information content (AvgIpc) is 2.79. The minimum absolute atomic E-state index is 0.0950. The van der Waals surface area contributed by atoms with Crippen molar-refractivity contribution in [1.29, 1.82) is 0 Å². The number of carbonyl (C=O) groups is 2. The number of carboxylic acid groups (broad SMARTS) is 1. The highest BCUT2D eigenvalue weighted by atomic mass is 32.1. The van der Waals surface area contributed by atoms with Crippen LogP contribution in [0.25, 0.3) is 0 Å². The van der Waals surface area contributed by atoms with E-state index in [9.17, 15) is 9.59 Å². The number of morpholine rings is 1. The van der Waals surface area contributed by atoms with Crippen molar-refractivity contribution >= 4 is 23.2 Å². The number of aryl methyl sites for hydroxylation is 2. The Morgan fingerprint density at radius 2 is 2.32 bits per heavy atom. The van der Waals surface area contributed by atoms with Gasteiger partial charge in [-0.05, 0) is 25.0 Å². The molecule has 1 aromatic rings. The van der Waals surface area contributed by atoms with E-state index in [1.165, 1.54) is 16.9 Å². The molecule has 1 N–H and O–H groups in total. The molecule has 0 spiro atoms. The molecule has 0 aromatic carbocycles. The van der Waals surface area contributed by atoms with Crippen LogP contribution in [0.2, 0.25) is 0 Å². The Hall–Kier alpha value is -1.40. The summed E-state index contributed by atoms with van der Waals surface area (Å²) in [5.41, 5.74) is 1.18. The minimum Gasteiger partial charge on any atom is -0.479 e. The van der Waals surface area contributed by atoms with Gasteiger partial charge in [-0.15, -0.1) is 11.3 Å². The molecule has 104 valence electrons. The lowest BCUT2D eigenvalue weighted by Crippen LogP contribution is -2.48. The van der Waals surface area contributed by atoms with Crippen LogP contribution in [0.1, 0.15) is 27.0 Å². The van der Waals surface area contributed by atoms with Gasteiger partial charge in [0.1, 0.15) is 0 Å². The van der Waals surface area contributed by atoms with Crippen molar-refractivity contribution in [2.24, 2.45) is 0 Å². The summed E-state index contributed by atoms with van der Waals surface area (Å²) in [4.78, 5) is 26.6. The van der Waals surface area contributed by atoms with Gasteiger partial charge in [0.05, 0.1) is 18.0 Å². The third kappa shape index (κ3) is 2.96. The second-order valence-corrected chi connectivity index (χ2v) is 5.75. The summed E-state index contributed by atoms with van der Waals surface area (Å²) in [5, 5.41) is 8.93. The molecule has 1 aliphatic heterocycles. The van der Waals surface area contributed by atoms with E-state index in [0.717, 1.165) is 11.3 Å². The first-order chi connectivity index (χ1) is 9.02. The van der Waals surface area contributed by atoms with Gasteiger partial charge in [-0.25, -0.2) is 4.79 Å². The Morgan fingerprint density at radius 1 is 1.58 bits per heavy atom. The van der Waals surface area contributed by atoms with Crippen molar-refractivity contribution in [3.63, 3.8) is 0 Å². The summed E-state index contributed by atoms with van der Waals surface area (Å²) in [6.45, 7) is 4.89. The Balaban J connectivity index is 2.12. The Labute approximate surface area is 115 Å². The van der Waals surface area contributed by atoms with E-state index in [0.29, 0.717) is 11.4 Å². The molecule has 0 bridgehead atoms. The monoisotopic (exact) mass is 283 g/mol. The van der Waals surface area contributed by atoms with Crippen molar-refractivity contribution < 1.29 is 19.4 Å². The molecular weight excluding hydrogens is 266 g/mol. The quantitative estimate of drug-likeness (QED) is 0.914. The number of nitrogens with zero attached hydrogens (tertiary/aromatic N) is 1. The van der Waals surface area contributed by atoms with Crippen LogP contribution in [0.3, 0.4) is 0 Å². The lowest BCUT2D eigenvalue weighted by atomic mass is 10.2. The maximum Gasteiger partial charge on any atom is 0.334 e. The maximum absolute atomic E-state index is 12.3. The predicted molar refractivity (Wildman–Crippen MR) is 71.7 cm³/mol. The van der Waals surface area contributed by atoms with E-state index in [1.54, 1.807) is 4.90 Å². The van der Waals surface area contributed by atoms with Crippen molar-refractivity contribution in [2.75, 3.05) is 19.7 Å². The van der Waals surface area contributed by atoms with Gasteiger partial charge in [0.15, 0.2) is 6.10 Å². The minimum atomic E-state index is -1.02. The summed E-state index contributed by atoms with van der Waals surface area (Å²) in [6, 6.07) is 1.91. The molecule has 0 radical (unpaired) electrons. The molecule has 1 fully saturated rings. The first-order valence-electron chi connectivity index (χ1n) is 6.26. The Kier molecular flexibility index (Phi) is 4.21. The number of carbonyl (C=O) groups excluding carboxylic acids is 1. The molecule has 2 rings (SSSR count). The Morgan fingerprint density at radius 3 is 2.89 bits per heavy atom. The largest absolute Gasteiger partial charge is 0.479 e. The molecule has 0 aliphatic carbocycles. The molecule has 1 saturated heterocycles.